The highest BCUT2D eigenvalue weighted by Crippen LogP contribution is 2.27. The minimum absolute atomic E-state index is 0.0259. The molecule has 1 atom stereocenters. The third-order valence-corrected chi connectivity index (χ3v) is 4.48. The van der Waals surface area contributed by atoms with Crippen LogP contribution in [0.2, 0.25) is 0 Å². The van der Waals surface area contributed by atoms with Crippen LogP contribution in [-0.4, -0.2) is 24.5 Å². The largest absolute Gasteiger partial charge is 0.354 e. The van der Waals surface area contributed by atoms with Gasteiger partial charge in [-0.05, 0) is 53.9 Å². The summed E-state index contributed by atoms with van der Waals surface area (Å²) >= 11 is 0. The molecule has 0 unspecified atom stereocenters. The molecule has 0 aliphatic heterocycles. The highest BCUT2D eigenvalue weighted by atomic mass is 16.2. The van der Waals surface area contributed by atoms with Crippen LogP contribution in [0, 0.1) is 19.8 Å². The van der Waals surface area contributed by atoms with E-state index in [0.29, 0.717) is 6.54 Å². The molecule has 0 spiro atoms. The second kappa shape index (κ2) is 8.37. The van der Waals surface area contributed by atoms with Gasteiger partial charge in [-0.2, -0.15) is 0 Å². The molecule has 140 valence electrons. The molecule has 3 amide bonds. The lowest BCUT2D eigenvalue weighted by Crippen LogP contribution is -2.51. The lowest BCUT2D eigenvalue weighted by molar-refractivity contribution is -0.123. The SMILES string of the molecule is Cc1cc(C(C)(C)C)cc(C)c1CCNC(=O)[C@@H](NC(N)=O)C(C)C. The molecule has 0 aliphatic carbocycles. The maximum Gasteiger partial charge on any atom is 0.312 e. The number of primary amides is 1. The van der Waals surface area contributed by atoms with Gasteiger partial charge in [0.25, 0.3) is 0 Å². The van der Waals surface area contributed by atoms with Crippen molar-refractivity contribution in [1.29, 1.82) is 0 Å². The first-order valence-corrected chi connectivity index (χ1v) is 8.87. The summed E-state index contributed by atoms with van der Waals surface area (Å²) < 4.78 is 0. The maximum atomic E-state index is 12.3. The zero-order valence-corrected chi connectivity index (χ0v) is 16.6. The first-order valence-electron chi connectivity index (χ1n) is 8.87. The average molecular weight is 348 g/mol. The van der Waals surface area contributed by atoms with Gasteiger partial charge < -0.3 is 16.4 Å². The molecule has 1 aromatic carbocycles. The molecule has 4 N–H and O–H groups in total. The molecule has 1 rings (SSSR count). The Morgan fingerprint density at radius 3 is 2.04 bits per heavy atom. The zero-order chi connectivity index (χ0) is 19.4. The molecule has 0 aliphatic rings. The van der Waals surface area contributed by atoms with Gasteiger partial charge in [-0.15, -0.1) is 0 Å². The predicted molar refractivity (Wildman–Crippen MR) is 103 cm³/mol. The maximum absolute atomic E-state index is 12.3. The van der Waals surface area contributed by atoms with E-state index in [-0.39, 0.29) is 17.2 Å². The normalized spacial score (nSPS) is 12.8. The van der Waals surface area contributed by atoms with Gasteiger partial charge in [0.1, 0.15) is 6.04 Å². The Labute approximate surface area is 151 Å². The third-order valence-electron chi connectivity index (χ3n) is 4.48. The number of hydrogen-bond donors (Lipinski definition) is 3. The Hall–Kier alpha value is -2.04. The summed E-state index contributed by atoms with van der Waals surface area (Å²) in [7, 11) is 0. The second-order valence-corrected chi connectivity index (χ2v) is 8.11. The van der Waals surface area contributed by atoms with E-state index in [1.54, 1.807) is 0 Å². The molecular formula is C20H33N3O2. The van der Waals surface area contributed by atoms with Gasteiger partial charge in [0, 0.05) is 6.54 Å². The van der Waals surface area contributed by atoms with Gasteiger partial charge in [0.2, 0.25) is 5.91 Å². The third kappa shape index (κ3) is 6.07. The Morgan fingerprint density at radius 1 is 1.12 bits per heavy atom. The molecule has 0 saturated carbocycles. The molecule has 1 aromatic rings. The molecule has 0 aromatic heterocycles. The Bertz CT molecular complexity index is 607. The van der Waals surface area contributed by atoms with E-state index in [9.17, 15) is 9.59 Å². The number of nitrogens with two attached hydrogens (primary N) is 1. The minimum atomic E-state index is -0.682. The molecule has 0 bridgehead atoms. The fourth-order valence-electron chi connectivity index (χ4n) is 2.93. The molecule has 5 heteroatoms. The first-order chi connectivity index (χ1) is 11.4. The van der Waals surface area contributed by atoms with Crippen molar-refractivity contribution >= 4 is 11.9 Å². The summed E-state index contributed by atoms with van der Waals surface area (Å²) in [6.45, 7) is 15.1. The van der Waals surface area contributed by atoms with Crippen molar-refractivity contribution in [3.05, 3.63) is 34.4 Å². The molecule has 25 heavy (non-hydrogen) atoms. The van der Waals surface area contributed by atoms with Crippen LogP contribution in [0.1, 0.15) is 56.9 Å². The van der Waals surface area contributed by atoms with Gasteiger partial charge in [0.15, 0.2) is 0 Å². The van der Waals surface area contributed by atoms with E-state index in [0.717, 1.165) is 6.42 Å². The van der Waals surface area contributed by atoms with Crippen molar-refractivity contribution in [3.63, 3.8) is 0 Å². The number of benzene rings is 1. The van der Waals surface area contributed by atoms with Gasteiger partial charge in [0.05, 0.1) is 0 Å². The van der Waals surface area contributed by atoms with E-state index in [4.69, 9.17) is 5.73 Å². The minimum Gasteiger partial charge on any atom is -0.354 e. The van der Waals surface area contributed by atoms with E-state index in [2.05, 4.69) is 57.4 Å². The Balaban J connectivity index is 2.76. The Kier molecular flexibility index (Phi) is 7.03. The topological polar surface area (TPSA) is 84.2 Å². The number of aryl methyl sites for hydroxylation is 2. The zero-order valence-electron chi connectivity index (χ0n) is 16.6. The van der Waals surface area contributed by atoms with Crippen LogP contribution in [0.3, 0.4) is 0 Å². The van der Waals surface area contributed by atoms with Crippen LogP contribution in [-0.2, 0) is 16.6 Å². The number of urea groups is 1. The van der Waals surface area contributed by atoms with E-state index in [1.165, 1.54) is 22.3 Å². The van der Waals surface area contributed by atoms with Gasteiger partial charge in [-0.1, -0.05) is 46.8 Å². The number of rotatable bonds is 6. The van der Waals surface area contributed by atoms with Crippen molar-refractivity contribution in [2.75, 3.05) is 6.54 Å². The van der Waals surface area contributed by atoms with Crippen molar-refractivity contribution < 1.29 is 9.59 Å². The summed E-state index contributed by atoms with van der Waals surface area (Å²) in [5.74, 6) is -0.225. The van der Waals surface area contributed by atoms with Crippen molar-refractivity contribution in [3.8, 4) is 0 Å². The van der Waals surface area contributed by atoms with Crippen molar-refractivity contribution in [2.45, 2.75) is 66.3 Å². The smallest absolute Gasteiger partial charge is 0.312 e. The summed E-state index contributed by atoms with van der Waals surface area (Å²) in [4.78, 5) is 23.3. The van der Waals surface area contributed by atoms with Crippen LogP contribution in [0.25, 0.3) is 0 Å². The monoisotopic (exact) mass is 347 g/mol. The number of nitrogens with one attached hydrogen (secondary N) is 2. The summed E-state index contributed by atoms with van der Waals surface area (Å²) in [6.07, 6.45) is 0.759. The summed E-state index contributed by atoms with van der Waals surface area (Å²) in [5.41, 5.74) is 10.3. The van der Waals surface area contributed by atoms with Crippen LogP contribution in [0.5, 0.6) is 0 Å². The molecular weight excluding hydrogens is 314 g/mol. The molecule has 0 heterocycles. The highest BCUT2D eigenvalue weighted by Gasteiger charge is 2.23. The quantitative estimate of drug-likeness (QED) is 0.739. The molecule has 5 nitrogen and oxygen atoms in total. The van der Waals surface area contributed by atoms with Gasteiger partial charge in [-0.3, -0.25) is 4.79 Å². The van der Waals surface area contributed by atoms with Crippen molar-refractivity contribution in [1.82, 2.24) is 10.6 Å². The van der Waals surface area contributed by atoms with Crippen LogP contribution >= 0.6 is 0 Å². The molecule has 0 saturated heterocycles. The Morgan fingerprint density at radius 2 is 1.64 bits per heavy atom. The first kappa shape index (κ1) is 21.0. The fourth-order valence-corrected chi connectivity index (χ4v) is 2.93. The van der Waals surface area contributed by atoms with E-state index >= 15 is 0 Å². The molecule has 0 fully saturated rings. The average Bonchev–Trinajstić information content (AvgIpc) is 2.45. The van der Waals surface area contributed by atoms with Crippen LogP contribution < -0.4 is 16.4 Å². The summed E-state index contributed by atoms with van der Waals surface area (Å²) in [5, 5.41) is 5.41. The number of carbonyl (C=O) groups excluding carboxylic acids is 2. The number of hydrogen-bond acceptors (Lipinski definition) is 2. The van der Waals surface area contributed by atoms with Crippen LogP contribution in [0.4, 0.5) is 4.79 Å². The number of amides is 3. The lowest BCUT2D eigenvalue weighted by Gasteiger charge is -2.23. The van der Waals surface area contributed by atoms with E-state index < -0.39 is 12.1 Å². The van der Waals surface area contributed by atoms with E-state index in [1.807, 2.05) is 13.8 Å². The fraction of sp³-hybridized carbons (Fsp3) is 0.600. The number of carbonyl (C=O) groups is 2. The standard InChI is InChI=1S/C20H33N3O2/c1-12(2)17(23-19(21)25)18(24)22-9-8-16-13(3)10-15(11-14(16)4)20(5,6)7/h10-12,17H,8-9H2,1-7H3,(H,22,24)(H3,21,23,25)/t17-/m0/s1. The van der Waals surface area contributed by atoms with Gasteiger partial charge >= 0.3 is 6.03 Å². The lowest BCUT2D eigenvalue weighted by atomic mass is 9.83. The summed E-state index contributed by atoms with van der Waals surface area (Å²) in [6, 6.07) is 3.17. The highest BCUT2D eigenvalue weighted by molar-refractivity contribution is 5.86. The second-order valence-electron chi connectivity index (χ2n) is 8.11. The molecule has 0 radical (unpaired) electrons. The van der Waals surface area contributed by atoms with Gasteiger partial charge in [-0.25, -0.2) is 4.79 Å². The predicted octanol–water partition coefficient (Wildman–Crippen LogP) is 2.95. The van der Waals surface area contributed by atoms with Crippen LogP contribution in [0.15, 0.2) is 12.1 Å². The van der Waals surface area contributed by atoms with Crippen molar-refractivity contribution in [2.24, 2.45) is 11.7 Å².